The molecule has 0 aliphatic rings. The van der Waals surface area contributed by atoms with Crippen molar-refractivity contribution in [2.24, 2.45) is 5.10 Å². The van der Waals surface area contributed by atoms with Gasteiger partial charge in [-0.05, 0) is 52.7 Å². The summed E-state index contributed by atoms with van der Waals surface area (Å²) in [7, 11) is 0. The molecule has 3 rings (SSSR count). The van der Waals surface area contributed by atoms with Crippen LogP contribution in [0.2, 0.25) is 5.15 Å². The molecular weight excluding hydrogens is 390 g/mol. The number of halogens is 2. The van der Waals surface area contributed by atoms with E-state index in [1.54, 1.807) is 18.2 Å². The van der Waals surface area contributed by atoms with Gasteiger partial charge in [-0.25, -0.2) is 10.4 Å². The van der Waals surface area contributed by atoms with Crippen molar-refractivity contribution < 1.29 is 4.79 Å². The zero-order chi connectivity index (χ0) is 17.1. The Morgan fingerprint density at radius 3 is 2.83 bits per heavy atom. The zero-order valence-corrected chi connectivity index (χ0v) is 15.1. The minimum atomic E-state index is -0.306. The first-order chi connectivity index (χ1) is 11.5. The van der Waals surface area contributed by atoms with Gasteiger partial charge in [0.1, 0.15) is 5.15 Å². The molecule has 0 aliphatic carbocycles. The molecule has 0 atom stereocenters. The predicted octanol–water partition coefficient (Wildman–Crippen LogP) is 4.72. The van der Waals surface area contributed by atoms with Crippen molar-refractivity contribution in [3.8, 4) is 0 Å². The summed E-state index contributed by atoms with van der Waals surface area (Å²) < 4.78 is 0.707. The van der Waals surface area contributed by atoms with Crippen molar-refractivity contribution in [2.45, 2.75) is 6.92 Å². The molecule has 0 radical (unpaired) electrons. The Bertz CT molecular complexity index is 956. The molecule has 2 aromatic carbocycles. The van der Waals surface area contributed by atoms with Crippen LogP contribution < -0.4 is 5.43 Å². The van der Waals surface area contributed by atoms with Crippen LogP contribution in [-0.4, -0.2) is 17.1 Å². The number of rotatable bonds is 3. The van der Waals surface area contributed by atoms with Crippen LogP contribution in [0.5, 0.6) is 0 Å². The maximum Gasteiger partial charge on any atom is 0.272 e. The number of aromatic nitrogens is 1. The van der Waals surface area contributed by atoms with Crippen molar-refractivity contribution in [2.75, 3.05) is 0 Å². The molecule has 0 unspecified atom stereocenters. The van der Waals surface area contributed by atoms with Crippen LogP contribution >= 0.6 is 27.5 Å². The number of amides is 1. The first-order valence-electron chi connectivity index (χ1n) is 7.19. The molecule has 0 aliphatic heterocycles. The van der Waals surface area contributed by atoms with Gasteiger partial charge < -0.3 is 0 Å². The lowest BCUT2D eigenvalue weighted by Crippen LogP contribution is -2.18. The predicted molar refractivity (Wildman–Crippen MR) is 101 cm³/mol. The van der Waals surface area contributed by atoms with Gasteiger partial charge in [-0.1, -0.05) is 35.9 Å². The third-order valence-electron chi connectivity index (χ3n) is 3.44. The fourth-order valence-electron chi connectivity index (χ4n) is 2.23. The summed E-state index contributed by atoms with van der Waals surface area (Å²) >= 11 is 9.52. The van der Waals surface area contributed by atoms with Crippen molar-refractivity contribution in [1.82, 2.24) is 10.4 Å². The summed E-state index contributed by atoms with van der Waals surface area (Å²) in [6.07, 6.45) is 1.49. The molecule has 1 aromatic heterocycles. The molecular formula is C18H13BrClN3O. The first-order valence-corrected chi connectivity index (χ1v) is 8.36. The smallest absolute Gasteiger partial charge is 0.267 e. The summed E-state index contributed by atoms with van der Waals surface area (Å²) in [4.78, 5) is 16.4. The molecule has 4 nitrogen and oxygen atoms in total. The van der Waals surface area contributed by atoms with E-state index in [-0.39, 0.29) is 5.91 Å². The second kappa shape index (κ2) is 7.11. The van der Waals surface area contributed by atoms with Crippen molar-refractivity contribution in [3.05, 3.63) is 74.8 Å². The SMILES string of the molecule is Cc1ccc2cc(/C=N\NC(=O)c3ccccc3Br)c(Cl)nc2c1. The van der Waals surface area contributed by atoms with E-state index in [2.05, 4.69) is 31.4 Å². The topological polar surface area (TPSA) is 54.4 Å². The number of nitrogens with zero attached hydrogens (tertiary/aromatic N) is 2. The van der Waals surface area contributed by atoms with Gasteiger partial charge in [0.15, 0.2) is 0 Å². The summed E-state index contributed by atoms with van der Waals surface area (Å²) in [5, 5.41) is 5.28. The third kappa shape index (κ3) is 3.63. The van der Waals surface area contributed by atoms with E-state index in [0.717, 1.165) is 16.5 Å². The molecule has 0 bridgehead atoms. The Kier molecular flexibility index (Phi) is 4.92. The Labute approximate surface area is 152 Å². The highest BCUT2D eigenvalue weighted by Crippen LogP contribution is 2.20. The molecule has 6 heteroatoms. The highest BCUT2D eigenvalue weighted by molar-refractivity contribution is 9.10. The summed E-state index contributed by atoms with van der Waals surface area (Å²) in [6, 6.07) is 15.0. The van der Waals surface area contributed by atoms with Crippen molar-refractivity contribution >= 4 is 50.6 Å². The fourth-order valence-corrected chi connectivity index (χ4v) is 2.89. The Balaban J connectivity index is 1.80. The number of nitrogens with one attached hydrogen (secondary N) is 1. The van der Waals surface area contributed by atoms with E-state index in [0.29, 0.717) is 20.8 Å². The van der Waals surface area contributed by atoms with Gasteiger partial charge in [-0.3, -0.25) is 4.79 Å². The fraction of sp³-hybridized carbons (Fsp3) is 0.0556. The Morgan fingerprint density at radius 2 is 2.04 bits per heavy atom. The second-order valence-electron chi connectivity index (χ2n) is 5.24. The third-order valence-corrected chi connectivity index (χ3v) is 4.44. The van der Waals surface area contributed by atoms with Crippen LogP contribution in [-0.2, 0) is 0 Å². The lowest BCUT2D eigenvalue weighted by Gasteiger charge is -2.04. The number of benzene rings is 2. The van der Waals surface area contributed by atoms with E-state index >= 15 is 0 Å². The number of pyridine rings is 1. The molecule has 1 heterocycles. The number of hydrazone groups is 1. The van der Waals surface area contributed by atoms with E-state index in [4.69, 9.17) is 11.6 Å². The van der Waals surface area contributed by atoms with Gasteiger partial charge in [0.05, 0.1) is 17.3 Å². The largest absolute Gasteiger partial charge is 0.272 e. The summed E-state index contributed by atoms with van der Waals surface area (Å²) in [5.41, 5.74) is 5.58. The average molecular weight is 403 g/mol. The number of carbonyl (C=O) groups is 1. The highest BCUT2D eigenvalue weighted by Gasteiger charge is 2.08. The van der Waals surface area contributed by atoms with Gasteiger partial charge in [-0.15, -0.1) is 0 Å². The minimum absolute atomic E-state index is 0.306. The lowest BCUT2D eigenvalue weighted by molar-refractivity contribution is 0.0954. The van der Waals surface area contributed by atoms with Crippen LogP contribution in [0.3, 0.4) is 0 Å². The van der Waals surface area contributed by atoms with Gasteiger partial charge >= 0.3 is 0 Å². The number of carbonyl (C=O) groups excluding carboxylic acids is 1. The first kappa shape index (κ1) is 16.6. The van der Waals surface area contributed by atoms with E-state index in [9.17, 15) is 4.79 Å². The molecule has 0 saturated carbocycles. The van der Waals surface area contributed by atoms with Crippen molar-refractivity contribution in [3.63, 3.8) is 0 Å². The van der Waals surface area contributed by atoms with Gasteiger partial charge in [0.2, 0.25) is 0 Å². The molecule has 24 heavy (non-hydrogen) atoms. The molecule has 1 amide bonds. The van der Waals surface area contributed by atoms with E-state index < -0.39 is 0 Å². The second-order valence-corrected chi connectivity index (χ2v) is 6.46. The number of aryl methyl sites for hydroxylation is 1. The number of hydrogen-bond acceptors (Lipinski definition) is 3. The van der Waals surface area contributed by atoms with Gasteiger partial charge in [-0.2, -0.15) is 5.10 Å². The summed E-state index contributed by atoms with van der Waals surface area (Å²) in [5.74, 6) is -0.306. The quantitative estimate of drug-likeness (QED) is 0.391. The van der Waals surface area contributed by atoms with Gasteiger partial charge in [0, 0.05) is 15.4 Å². The molecule has 0 fully saturated rings. The minimum Gasteiger partial charge on any atom is -0.267 e. The number of fused-ring (bicyclic) bond motifs is 1. The maximum atomic E-state index is 12.1. The Morgan fingerprint density at radius 1 is 1.25 bits per heavy atom. The molecule has 0 saturated heterocycles. The lowest BCUT2D eigenvalue weighted by atomic mass is 10.1. The standard InChI is InChI=1S/C18H13BrClN3O/c1-11-6-7-12-9-13(17(20)22-16(12)8-11)10-21-23-18(24)14-4-2-3-5-15(14)19/h2-10H,1H3,(H,23,24)/b21-10-. The maximum absolute atomic E-state index is 12.1. The van der Waals surface area contributed by atoms with Crippen LogP contribution in [0.1, 0.15) is 21.5 Å². The average Bonchev–Trinajstić information content (AvgIpc) is 2.55. The molecule has 120 valence electrons. The van der Waals surface area contributed by atoms with E-state index in [1.165, 1.54) is 6.21 Å². The summed E-state index contributed by atoms with van der Waals surface area (Å²) in [6.45, 7) is 2.00. The zero-order valence-electron chi connectivity index (χ0n) is 12.8. The number of hydrogen-bond donors (Lipinski definition) is 1. The van der Waals surface area contributed by atoms with Crippen LogP contribution in [0.4, 0.5) is 0 Å². The van der Waals surface area contributed by atoms with E-state index in [1.807, 2.05) is 37.3 Å². The normalized spacial score (nSPS) is 11.1. The van der Waals surface area contributed by atoms with Crippen molar-refractivity contribution in [1.29, 1.82) is 0 Å². The van der Waals surface area contributed by atoms with Crippen LogP contribution in [0, 0.1) is 6.92 Å². The monoisotopic (exact) mass is 401 g/mol. The van der Waals surface area contributed by atoms with Crippen LogP contribution in [0.15, 0.2) is 58.1 Å². The highest BCUT2D eigenvalue weighted by atomic mass is 79.9. The molecule has 3 aromatic rings. The molecule has 0 spiro atoms. The Hall–Kier alpha value is -2.24. The van der Waals surface area contributed by atoms with Crippen LogP contribution in [0.25, 0.3) is 10.9 Å². The van der Waals surface area contributed by atoms with Gasteiger partial charge in [0.25, 0.3) is 5.91 Å². The molecule has 1 N–H and O–H groups in total.